The average Bonchev–Trinajstić information content (AvgIpc) is 2.73. The average molecular weight is 228 g/mol. The van der Waals surface area contributed by atoms with Crippen LogP contribution in [0.4, 0.5) is 0 Å². The van der Waals surface area contributed by atoms with Crippen LogP contribution in [-0.4, -0.2) is 16.1 Å². The number of carbonyl (C=O) groups excluding carboxylic acids is 1. The zero-order valence-electron chi connectivity index (χ0n) is 10.3. The Morgan fingerprint density at radius 1 is 1.29 bits per heavy atom. The summed E-state index contributed by atoms with van der Waals surface area (Å²) in [5.74, 6) is 0. The van der Waals surface area contributed by atoms with Gasteiger partial charge in [0.1, 0.15) is 5.69 Å². The van der Waals surface area contributed by atoms with Gasteiger partial charge in [-0.05, 0) is 32.9 Å². The van der Waals surface area contributed by atoms with Gasteiger partial charge in [-0.1, -0.05) is 23.8 Å². The molecule has 17 heavy (non-hydrogen) atoms. The van der Waals surface area contributed by atoms with E-state index < -0.39 is 0 Å². The number of hydrogen-bond acceptors (Lipinski definition) is 2. The molecule has 1 aromatic carbocycles. The van der Waals surface area contributed by atoms with E-state index in [1.54, 1.807) is 0 Å². The van der Waals surface area contributed by atoms with Crippen molar-refractivity contribution in [3.63, 3.8) is 0 Å². The van der Waals surface area contributed by atoms with E-state index in [0.29, 0.717) is 5.69 Å². The van der Waals surface area contributed by atoms with Crippen molar-refractivity contribution in [2.45, 2.75) is 26.8 Å². The first-order valence-electron chi connectivity index (χ1n) is 5.73. The summed E-state index contributed by atoms with van der Waals surface area (Å²) in [5, 5.41) is 4.28. The predicted molar refractivity (Wildman–Crippen MR) is 68.2 cm³/mol. The number of aromatic nitrogens is 2. The number of carbonyl (C=O) groups is 1. The van der Waals surface area contributed by atoms with Crippen LogP contribution in [0.2, 0.25) is 0 Å². The van der Waals surface area contributed by atoms with E-state index in [2.05, 4.69) is 38.0 Å². The van der Waals surface area contributed by atoms with Crippen LogP contribution in [0.15, 0.2) is 30.3 Å². The molecule has 0 aliphatic heterocycles. The summed E-state index contributed by atoms with van der Waals surface area (Å²) >= 11 is 0. The van der Waals surface area contributed by atoms with Gasteiger partial charge in [-0.3, -0.25) is 9.48 Å². The smallest absolute Gasteiger partial charge is 0.170 e. The lowest BCUT2D eigenvalue weighted by Crippen LogP contribution is -2.05. The predicted octanol–water partition coefficient (Wildman–Crippen LogP) is 3.25. The molecule has 0 spiro atoms. The summed E-state index contributed by atoms with van der Waals surface area (Å²) in [7, 11) is 0. The summed E-state index contributed by atoms with van der Waals surface area (Å²) in [6.45, 7) is 6.17. The van der Waals surface area contributed by atoms with Crippen molar-refractivity contribution in [1.82, 2.24) is 9.78 Å². The Morgan fingerprint density at radius 2 is 2.06 bits per heavy atom. The minimum atomic E-state index is 0.235. The third-order valence-electron chi connectivity index (χ3n) is 2.68. The number of benzene rings is 1. The second-order valence-corrected chi connectivity index (χ2v) is 4.48. The molecule has 1 aromatic heterocycles. The first kappa shape index (κ1) is 11.6. The Hall–Kier alpha value is -1.90. The third-order valence-corrected chi connectivity index (χ3v) is 2.68. The van der Waals surface area contributed by atoms with Gasteiger partial charge < -0.3 is 0 Å². The fourth-order valence-corrected chi connectivity index (χ4v) is 1.88. The third kappa shape index (κ3) is 2.28. The number of rotatable bonds is 3. The van der Waals surface area contributed by atoms with Gasteiger partial charge in [-0.25, -0.2) is 0 Å². The van der Waals surface area contributed by atoms with Gasteiger partial charge in [-0.2, -0.15) is 5.10 Å². The lowest BCUT2D eigenvalue weighted by Gasteiger charge is -2.11. The quantitative estimate of drug-likeness (QED) is 0.756. The fourth-order valence-electron chi connectivity index (χ4n) is 1.88. The summed E-state index contributed by atoms with van der Waals surface area (Å²) in [4.78, 5) is 10.8. The van der Waals surface area contributed by atoms with Crippen molar-refractivity contribution in [1.29, 1.82) is 0 Å². The molecule has 0 fully saturated rings. The molecule has 3 nitrogen and oxygen atoms in total. The van der Waals surface area contributed by atoms with E-state index in [4.69, 9.17) is 0 Å². The molecule has 88 valence electrons. The Bertz CT molecular complexity index is 541. The Labute approximate surface area is 101 Å². The second kappa shape index (κ2) is 4.53. The second-order valence-electron chi connectivity index (χ2n) is 4.48. The van der Waals surface area contributed by atoms with Crippen molar-refractivity contribution in [2.75, 3.05) is 0 Å². The summed E-state index contributed by atoms with van der Waals surface area (Å²) < 4.78 is 1.89. The van der Waals surface area contributed by atoms with Crippen LogP contribution < -0.4 is 0 Å². The minimum absolute atomic E-state index is 0.235. The summed E-state index contributed by atoms with van der Waals surface area (Å²) in [6.07, 6.45) is 0.790. The van der Waals surface area contributed by atoms with Crippen molar-refractivity contribution in [2.24, 2.45) is 0 Å². The van der Waals surface area contributed by atoms with Crippen LogP contribution in [0, 0.1) is 6.92 Å². The molecule has 0 saturated heterocycles. The molecule has 0 N–H and O–H groups in total. The van der Waals surface area contributed by atoms with Crippen LogP contribution in [0.5, 0.6) is 0 Å². The van der Waals surface area contributed by atoms with Gasteiger partial charge in [0, 0.05) is 11.6 Å². The summed E-state index contributed by atoms with van der Waals surface area (Å²) in [6, 6.07) is 10.3. The normalized spacial score (nSPS) is 10.8. The number of aryl methyl sites for hydroxylation is 1. The number of nitrogens with zero attached hydrogens (tertiary/aromatic N) is 2. The molecule has 3 heteroatoms. The minimum Gasteiger partial charge on any atom is -0.296 e. The molecule has 0 unspecified atom stereocenters. The monoisotopic (exact) mass is 228 g/mol. The largest absolute Gasteiger partial charge is 0.296 e. The van der Waals surface area contributed by atoms with Crippen molar-refractivity contribution in [3.05, 3.63) is 41.6 Å². The van der Waals surface area contributed by atoms with Crippen LogP contribution in [0.25, 0.3) is 11.3 Å². The fraction of sp³-hybridized carbons (Fsp3) is 0.286. The Morgan fingerprint density at radius 3 is 2.65 bits per heavy atom. The first-order chi connectivity index (χ1) is 8.11. The molecule has 0 saturated carbocycles. The van der Waals surface area contributed by atoms with E-state index in [-0.39, 0.29) is 6.04 Å². The number of hydrogen-bond donors (Lipinski definition) is 0. The van der Waals surface area contributed by atoms with Crippen molar-refractivity contribution >= 4 is 6.29 Å². The highest BCUT2D eigenvalue weighted by Gasteiger charge is 2.11. The molecule has 1 heterocycles. The van der Waals surface area contributed by atoms with Crippen LogP contribution in [-0.2, 0) is 0 Å². The molecule has 0 aliphatic rings. The van der Waals surface area contributed by atoms with E-state index >= 15 is 0 Å². The zero-order valence-corrected chi connectivity index (χ0v) is 10.3. The molecular weight excluding hydrogens is 212 g/mol. The lowest BCUT2D eigenvalue weighted by molar-refractivity contribution is 0.111. The molecule has 0 radical (unpaired) electrons. The molecule has 0 bridgehead atoms. The molecule has 2 rings (SSSR count). The Kier molecular flexibility index (Phi) is 3.09. The molecule has 0 aliphatic carbocycles. The van der Waals surface area contributed by atoms with Gasteiger partial charge in [0.25, 0.3) is 0 Å². The van der Waals surface area contributed by atoms with Gasteiger partial charge in [0.2, 0.25) is 0 Å². The van der Waals surface area contributed by atoms with E-state index in [1.165, 1.54) is 5.56 Å². The maximum atomic E-state index is 10.8. The molecular formula is C14H16N2O. The van der Waals surface area contributed by atoms with Gasteiger partial charge in [-0.15, -0.1) is 0 Å². The van der Waals surface area contributed by atoms with Gasteiger partial charge in [0.05, 0.1) is 5.69 Å². The Balaban J connectivity index is 2.57. The highest BCUT2D eigenvalue weighted by atomic mass is 16.1. The maximum absolute atomic E-state index is 10.8. The van der Waals surface area contributed by atoms with Crippen molar-refractivity contribution < 1.29 is 4.79 Å². The molecule has 0 atom stereocenters. The van der Waals surface area contributed by atoms with E-state index in [1.807, 2.05) is 22.9 Å². The van der Waals surface area contributed by atoms with Crippen LogP contribution in [0.1, 0.15) is 35.9 Å². The highest BCUT2D eigenvalue weighted by molar-refractivity contribution is 5.75. The van der Waals surface area contributed by atoms with Gasteiger partial charge in [0.15, 0.2) is 6.29 Å². The molecule has 2 aromatic rings. The van der Waals surface area contributed by atoms with E-state index in [9.17, 15) is 4.79 Å². The van der Waals surface area contributed by atoms with Gasteiger partial charge >= 0.3 is 0 Å². The summed E-state index contributed by atoms with van der Waals surface area (Å²) in [5.41, 5.74) is 3.77. The molecule has 0 amide bonds. The first-order valence-corrected chi connectivity index (χ1v) is 5.73. The van der Waals surface area contributed by atoms with Crippen LogP contribution >= 0.6 is 0 Å². The topological polar surface area (TPSA) is 34.9 Å². The van der Waals surface area contributed by atoms with Crippen LogP contribution in [0.3, 0.4) is 0 Å². The zero-order chi connectivity index (χ0) is 12.4. The maximum Gasteiger partial charge on any atom is 0.170 e. The standard InChI is InChI=1S/C14H16N2O/c1-10(2)16-14(8-13(9-17)15-16)12-6-4-5-11(3)7-12/h4-10H,1-3H3. The number of aldehydes is 1. The highest BCUT2D eigenvalue weighted by Crippen LogP contribution is 2.24. The lowest BCUT2D eigenvalue weighted by atomic mass is 10.1. The van der Waals surface area contributed by atoms with E-state index in [0.717, 1.165) is 17.5 Å². The SMILES string of the molecule is Cc1cccc(-c2cc(C=O)nn2C(C)C)c1. The van der Waals surface area contributed by atoms with Crippen molar-refractivity contribution in [3.8, 4) is 11.3 Å².